The minimum absolute atomic E-state index is 0.0886. The molecule has 4 rings (SSSR count). The highest BCUT2D eigenvalue weighted by Crippen LogP contribution is 2.22. The van der Waals surface area contributed by atoms with Crippen molar-refractivity contribution >= 4 is 20.2 Å². The van der Waals surface area contributed by atoms with Crippen LogP contribution in [0, 0.1) is 0 Å². The third-order valence-corrected chi connectivity index (χ3v) is 7.25. The van der Waals surface area contributed by atoms with E-state index >= 15 is 0 Å². The van der Waals surface area contributed by atoms with E-state index < -0.39 is 20.2 Å². The molecule has 168 valence electrons. The maximum Gasteiger partial charge on any atom is 0.339 e. The zero-order valence-electron chi connectivity index (χ0n) is 17.4. The topological polar surface area (TPSA) is 86.7 Å². The van der Waals surface area contributed by atoms with Crippen molar-refractivity contribution in [2.75, 3.05) is 0 Å². The molecule has 33 heavy (non-hydrogen) atoms. The van der Waals surface area contributed by atoms with Crippen molar-refractivity contribution in [2.45, 2.75) is 16.2 Å². The third kappa shape index (κ3) is 5.79. The smallest absolute Gasteiger partial charge is 0.339 e. The molecule has 0 aromatic heterocycles. The molecule has 0 aliphatic rings. The summed E-state index contributed by atoms with van der Waals surface area (Å²) in [6.07, 6.45) is 0.567. The molecule has 0 spiro atoms. The SMILES string of the molecule is O=S(=O)(Oc1ccc(Cc2ccc(OS(=O)(=O)c3ccccc3)cc2)cc1)c1ccccc1. The highest BCUT2D eigenvalue weighted by atomic mass is 32.2. The van der Waals surface area contributed by atoms with Crippen LogP contribution in [0.1, 0.15) is 11.1 Å². The van der Waals surface area contributed by atoms with Crippen LogP contribution < -0.4 is 8.37 Å². The van der Waals surface area contributed by atoms with Crippen LogP contribution in [0.4, 0.5) is 0 Å². The highest BCUT2D eigenvalue weighted by molar-refractivity contribution is 7.87. The molecule has 4 aromatic rings. The fraction of sp³-hybridized carbons (Fsp3) is 0.0400. The first-order chi connectivity index (χ1) is 15.8. The van der Waals surface area contributed by atoms with Crippen molar-refractivity contribution in [2.24, 2.45) is 0 Å². The Hall–Kier alpha value is -3.62. The van der Waals surface area contributed by atoms with E-state index in [9.17, 15) is 16.8 Å². The Morgan fingerprint density at radius 1 is 0.455 bits per heavy atom. The second-order valence-electron chi connectivity index (χ2n) is 7.17. The van der Waals surface area contributed by atoms with Crippen LogP contribution in [0.5, 0.6) is 11.5 Å². The predicted molar refractivity (Wildman–Crippen MR) is 124 cm³/mol. The van der Waals surface area contributed by atoms with Gasteiger partial charge in [-0.1, -0.05) is 60.7 Å². The lowest BCUT2D eigenvalue weighted by molar-refractivity contribution is 0.484. The molecule has 0 aliphatic heterocycles. The summed E-state index contributed by atoms with van der Waals surface area (Å²) in [7, 11) is -7.78. The van der Waals surface area contributed by atoms with Crippen LogP contribution in [-0.4, -0.2) is 16.8 Å². The number of rotatable bonds is 8. The first-order valence-electron chi connectivity index (χ1n) is 9.99. The van der Waals surface area contributed by atoms with Gasteiger partial charge in [-0.3, -0.25) is 0 Å². The van der Waals surface area contributed by atoms with Crippen LogP contribution in [0.2, 0.25) is 0 Å². The lowest BCUT2D eigenvalue weighted by Gasteiger charge is -2.09. The van der Waals surface area contributed by atoms with E-state index in [1.54, 1.807) is 84.9 Å². The summed E-state index contributed by atoms with van der Waals surface area (Å²) in [5.74, 6) is 0.440. The highest BCUT2D eigenvalue weighted by Gasteiger charge is 2.17. The molecule has 0 bridgehead atoms. The third-order valence-electron chi connectivity index (χ3n) is 4.73. The second-order valence-corrected chi connectivity index (χ2v) is 10.3. The molecule has 0 saturated carbocycles. The van der Waals surface area contributed by atoms with E-state index in [0.717, 1.165) is 11.1 Å². The summed E-state index contributed by atoms with van der Waals surface area (Å²) in [4.78, 5) is 0.177. The Labute approximate surface area is 193 Å². The van der Waals surface area contributed by atoms with Gasteiger partial charge in [0, 0.05) is 0 Å². The van der Waals surface area contributed by atoms with Crippen LogP contribution in [0.15, 0.2) is 119 Å². The van der Waals surface area contributed by atoms with Gasteiger partial charge in [0.2, 0.25) is 0 Å². The van der Waals surface area contributed by atoms with Gasteiger partial charge in [-0.25, -0.2) is 0 Å². The molecule has 0 unspecified atom stereocenters. The Morgan fingerprint density at radius 2 is 0.788 bits per heavy atom. The van der Waals surface area contributed by atoms with Crippen molar-refractivity contribution in [3.8, 4) is 11.5 Å². The average Bonchev–Trinajstić information content (AvgIpc) is 2.82. The van der Waals surface area contributed by atoms with Gasteiger partial charge in [0.1, 0.15) is 21.3 Å². The summed E-state index contributed by atoms with van der Waals surface area (Å²) in [6, 6.07) is 29.4. The molecule has 6 nitrogen and oxygen atoms in total. The van der Waals surface area contributed by atoms with Crippen LogP contribution in [0.25, 0.3) is 0 Å². The molecular weight excluding hydrogens is 460 g/mol. The van der Waals surface area contributed by atoms with Gasteiger partial charge in [0.25, 0.3) is 0 Å². The van der Waals surface area contributed by atoms with E-state index in [1.165, 1.54) is 24.3 Å². The standard InChI is InChI=1S/C25H20O6S2/c26-32(27,24-7-3-1-4-8-24)30-22-15-11-20(12-16-22)19-21-13-17-23(18-14-21)31-33(28,29)25-9-5-2-6-10-25/h1-18H,19H2. The summed E-state index contributed by atoms with van der Waals surface area (Å²) >= 11 is 0. The van der Waals surface area contributed by atoms with Gasteiger partial charge in [-0.15, -0.1) is 0 Å². The molecule has 0 heterocycles. The molecule has 0 N–H and O–H groups in total. The maximum atomic E-state index is 12.3. The first-order valence-corrected chi connectivity index (χ1v) is 12.8. The lowest BCUT2D eigenvalue weighted by Crippen LogP contribution is -2.09. The summed E-state index contributed by atoms with van der Waals surface area (Å²) in [6.45, 7) is 0. The molecule has 0 aliphatic carbocycles. The van der Waals surface area contributed by atoms with Crippen LogP contribution in [0.3, 0.4) is 0 Å². The van der Waals surface area contributed by atoms with E-state index in [0.29, 0.717) is 6.42 Å². The van der Waals surface area contributed by atoms with E-state index in [-0.39, 0.29) is 21.3 Å². The quantitative estimate of drug-likeness (QED) is 0.336. The van der Waals surface area contributed by atoms with Crippen molar-refractivity contribution in [3.05, 3.63) is 120 Å². The maximum absolute atomic E-state index is 12.3. The van der Waals surface area contributed by atoms with E-state index in [2.05, 4.69) is 0 Å². The van der Waals surface area contributed by atoms with Crippen molar-refractivity contribution in [1.82, 2.24) is 0 Å². The van der Waals surface area contributed by atoms with Gasteiger partial charge in [-0.2, -0.15) is 16.8 Å². The van der Waals surface area contributed by atoms with Gasteiger partial charge in [0.05, 0.1) is 0 Å². The normalized spacial score (nSPS) is 11.6. The zero-order chi connectivity index (χ0) is 23.3. The summed E-state index contributed by atoms with van der Waals surface area (Å²) in [5, 5.41) is 0. The molecule has 0 saturated heterocycles. The number of benzene rings is 4. The average molecular weight is 481 g/mol. The lowest BCUT2D eigenvalue weighted by atomic mass is 10.1. The molecular formula is C25H20O6S2. The molecule has 0 radical (unpaired) electrons. The molecule has 0 atom stereocenters. The predicted octanol–water partition coefficient (Wildman–Crippen LogP) is 4.81. The van der Waals surface area contributed by atoms with Crippen molar-refractivity contribution < 1.29 is 25.2 Å². The van der Waals surface area contributed by atoms with Gasteiger partial charge in [0.15, 0.2) is 0 Å². The summed E-state index contributed by atoms with van der Waals surface area (Å²) < 4.78 is 59.7. The Morgan fingerprint density at radius 3 is 1.12 bits per heavy atom. The van der Waals surface area contributed by atoms with E-state index in [4.69, 9.17) is 8.37 Å². The minimum atomic E-state index is -3.89. The van der Waals surface area contributed by atoms with Crippen molar-refractivity contribution in [1.29, 1.82) is 0 Å². The van der Waals surface area contributed by atoms with Crippen LogP contribution >= 0.6 is 0 Å². The largest absolute Gasteiger partial charge is 0.379 e. The molecule has 0 amide bonds. The van der Waals surface area contributed by atoms with Crippen LogP contribution in [-0.2, 0) is 26.7 Å². The fourth-order valence-corrected chi connectivity index (χ4v) is 4.99. The Kier molecular flexibility index (Phi) is 6.48. The fourth-order valence-electron chi connectivity index (χ4n) is 3.09. The number of hydrogen-bond acceptors (Lipinski definition) is 6. The molecule has 8 heteroatoms. The minimum Gasteiger partial charge on any atom is -0.379 e. The number of hydrogen-bond donors (Lipinski definition) is 0. The molecule has 4 aromatic carbocycles. The Balaban J connectivity index is 1.39. The zero-order valence-corrected chi connectivity index (χ0v) is 19.0. The van der Waals surface area contributed by atoms with Gasteiger partial charge in [-0.05, 0) is 66.1 Å². The van der Waals surface area contributed by atoms with Gasteiger partial charge >= 0.3 is 20.2 Å². The second kappa shape index (κ2) is 9.48. The summed E-state index contributed by atoms with van der Waals surface area (Å²) in [5.41, 5.74) is 1.87. The monoisotopic (exact) mass is 480 g/mol. The van der Waals surface area contributed by atoms with Gasteiger partial charge < -0.3 is 8.37 Å². The van der Waals surface area contributed by atoms with Crippen molar-refractivity contribution in [3.63, 3.8) is 0 Å². The molecule has 0 fully saturated rings. The van der Waals surface area contributed by atoms with E-state index in [1.807, 2.05) is 0 Å². The Bertz CT molecular complexity index is 1300. The first kappa shape index (κ1) is 22.6.